The van der Waals surface area contributed by atoms with Crippen molar-refractivity contribution in [2.24, 2.45) is 5.73 Å². The van der Waals surface area contributed by atoms with Gasteiger partial charge in [-0.15, -0.1) is 0 Å². The molecule has 2 aromatic rings. The largest absolute Gasteiger partial charge is 0.493 e. The number of rotatable bonds is 9. The zero-order chi connectivity index (χ0) is 21.6. The van der Waals surface area contributed by atoms with Crippen LogP contribution in [-0.4, -0.2) is 25.5 Å². The molecule has 1 atom stereocenters. The number of ether oxygens (including phenoxy) is 2. The van der Waals surface area contributed by atoms with Gasteiger partial charge in [-0.3, -0.25) is 5.41 Å². The molecule has 0 bridgehead atoms. The monoisotopic (exact) mass is 414 g/mol. The molecule has 0 heterocycles. The molecule has 2 rings (SSSR count). The van der Waals surface area contributed by atoms with Crippen LogP contribution in [0.3, 0.4) is 0 Å². The summed E-state index contributed by atoms with van der Waals surface area (Å²) in [7, 11) is 1.32. The van der Waals surface area contributed by atoms with Crippen molar-refractivity contribution in [2.75, 3.05) is 19.0 Å². The summed E-state index contributed by atoms with van der Waals surface area (Å²) in [6.07, 6.45) is 0.732. The summed E-state index contributed by atoms with van der Waals surface area (Å²) in [5, 5.41) is 11.0. The molecular formula is C22H25ClN3O3. The lowest BCUT2D eigenvalue weighted by Crippen LogP contribution is -2.24. The van der Waals surface area contributed by atoms with Crippen molar-refractivity contribution in [3.63, 3.8) is 0 Å². The molecule has 29 heavy (non-hydrogen) atoms. The Balaban J connectivity index is 2.58. The van der Waals surface area contributed by atoms with Crippen LogP contribution >= 0.6 is 11.6 Å². The van der Waals surface area contributed by atoms with E-state index in [1.807, 2.05) is 19.1 Å². The molecule has 0 saturated carbocycles. The number of carbonyl (C=O) groups is 1. The number of nitrogens with two attached hydrogens (primary N) is 1. The average Bonchev–Trinajstić information content (AvgIpc) is 2.72. The minimum atomic E-state index is -0.856. The smallest absolute Gasteiger partial charge is 0.333 e. The first-order valence-corrected chi connectivity index (χ1v) is 9.42. The maximum absolute atomic E-state index is 12.7. The van der Waals surface area contributed by atoms with Gasteiger partial charge < -0.3 is 20.5 Å². The van der Waals surface area contributed by atoms with Crippen LogP contribution in [0.2, 0.25) is 0 Å². The van der Waals surface area contributed by atoms with Crippen molar-refractivity contribution < 1.29 is 14.3 Å². The molecule has 153 valence electrons. The second-order valence-corrected chi connectivity index (χ2v) is 6.72. The molecule has 0 aliphatic heterocycles. The Morgan fingerprint density at radius 1 is 1.31 bits per heavy atom. The Morgan fingerprint density at radius 3 is 2.45 bits per heavy atom. The van der Waals surface area contributed by atoms with Crippen LogP contribution in [0, 0.1) is 12.3 Å². The van der Waals surface area contributed by atoms with Crippen LogP contribution < -0.4 is 15.8 Å². The Kier molecular flexibility index (Phi) is 7.67. The van der Waals surface area contributed by atoms with Gasteiger partial charge >= 0.3 is 5.97 Å². The number of esters is 1. The maximum Gasteiger partial charge on any atom is 0.333 e. The molecular weight excluding hydrogens is 390 g/mol. The molecule has 0 aromatic heterocycles. The lowest BCUT2D eigenvalue weighted by Gasteiger charge is -2.23. The number of nitrogen functional groups attached to an aromatic ring is 1. The molecule has 0 saturated heterocycles. The summed E-state index contributed by atoms with van der Waals surface area (Å²) in [4.78, 5) is 12.7. The van der Waals surface area contributed by atoms with Crippen molar-refractivity contribution in [3.8, 4) is 5.75 Å². The molecule has 0 spiro atoms. The van der Waals surface area contributed by atoms with Crippen molar-refractivity contribution in [1.82, 2.24) is 0 Å². The number of methoxy groups -OCH3 is 1. The first-order valence-electron chi connectivity index (χ1n) is 9.04. The number of hydrogen-bond acceptors (Lipinski definition) is 5. The lowest BCUT2D eigenvalue weighted by atomic mass is 9.96. The third-order valence-electron chi connectivity index (χ3n) is 4.38. The summed E-state index contributed by atoms with van der Waals surface area (Å²) in [6.45, 7) is 9.70. The zero-order valence-electron chi connectivity index (χ0n) is 16.5. The van der Waals surface area contributed by atoms with E-state index < -0.39 is 12.0 Å². The second-order valence-electron chi connectivity index (χ2n) is 6.26. The first kappa shape index (κ1) is 22.3. The Morgan fingerprint density at radius 2 is 1.97 bits per heavy atom. The fourth-order valence-electron chi connectivity index (χ4n) is 2.89. The molecule has 2 aromatic carbocycles. The van der Waals surface area contributed by atoms with Crippen LogP contribution in [-0.2, 0) is 16.0 Å². The van der Waals surface area contributed by atoms with E-state index in [0.717, 1.165) is 12.0 Å². The number of amidine groups is 1. The van der Waals surface area contributed by atoms with E-state index in [2.05, 4.69) is 18.8 Å². The molecule has 1 radical (unpaired) electrons. The molecule has 4 N–H and O–H groups in total. The zero-order valence-corrected chi connectivity index (χ0v) is 17.3. The van der Waals surface area contributed by atoms with E-state index in [-0.39, 0.29) is 12.4 Å². The molecule has 1 unspecified atom stereocenters. The first-order chi connectivity index (χ1) is 13.8. The summed E-state index contributed by atoms with van der Waals surface area (Å²) >= 11 is 6.21. The minimum absolute atomic E-state index is 0.0342. The van der Waals surface area contributed by atoms with Gasteiger partial charge in [0.25, 0.3) is 0 Å². The highest BCUT2D eigenvalue weighted by atomic mass is 35.5. The van der Waals surface area contributed by atoms with E-state index >= 15 is 0 Å². The fraction of sp³-hybridized carbons (Fsp3) is 0.227. The van der Waals surface area contributed by atoms with Gasteiger partial charge in [-0.25, -0.2) is 4.79 Å². The van der Waals surface area contributed by atoms with Gasteiger partial charge in [-0.1, -0.05) is 25.1 Å². The number of nitrogens with one attached hydrogen (secondary N) is 2. The predicted octanol–water partition coefficient (Wildman–Crippen LogP) is 4.28. The number of halogens is 1. The third kappa shape index (κ3) is 5.29. The van der Waals surface area contributed by atoms with Crippen molar-refractivity contribution in [1.29, 1.82) is 5.41 Å². The van der Waals surface area contributed by atoms with E-state index in [0.29, 0.717) is 33.2 Å². The normalized spacial score (nSPS) is 11.4. The summed E-state index contributed by atoms with van der Waals surface area (Å²) in [6, 6.07) is 9.78. The SMILES string of the molecule is [CH2]COc1c(C(=C)Cl)cc(CC)cc1C(Nc1ccc(C(=N)N)cc1)C(=O)OC. The van der Waals surface area contributed by atoms with Gasteiger partial charge in [0.2, 0.25) is 0 Å². The topological polar surface area (TPSA) is 97.4 Å². The number of hydrogen-bond donors (Lipinski definition) is 3. The molecule has 6 nitrogen and oxygen atoms in total. The molecule has 0 aliphatic carbocycles. The number of anilines is 1. The molecule has 0 amide bonds. The number of aryl methyl sites for hydroxylation is 1. The standard InChI is InChI=1S/C22H25ClN3O3/c1-5-14-11-17(13(3)23)20(29-6-2)18(12-14)19(22(27)28-4)26-16-9-7-15(8-10-16)21(24)25/h7-12,19,26H,2-3,5-6H2,1,4H3,(H3,24,25). The Bertz CT molecular complexity index is 910. The Labute approximate surface area is 176 Å². The second kappa shape index (κ2) is 9.98. The molecule has 7 heteroatoms. The van der Waals surface area contributed by atoms with Gasteiger partial charge in [0.05, 0.1) is 13.7 Å². The highest BCUT2D eigenvalue weighted by Crippen LogP contribution is 2.38. The van der Waals surface area contributed by atoms with E-state index in [1.54, 1.807) is 24.3 Å². The summed E-state index contributed by atoms with van der Waals surface area (Å²) in [5.41, 5.74) is 8.89. The minimum Gasteiger partial charge on any atom is -0.493 e. The predicted molar refractivity (Wildman–Crippen MR) is 117 cm³/mol. The van der Waals surface area contributed by atoms with Gasteiger partial charge in [0.15, 0.2) is 6.04 Å². The average molecular weight is 415 g/mol. The van der Waals surface area contributed by atoms with Crippen LogP contribution in [0.25, 0.3) is 5.03 Å². The van der Waals surface area contributed by atoms with Crippen molar-refractivity contribution in [3.05, 3.63) is 72.2 Å². The van der Waals surface area contributed by atoms with E-state index in [9.17, 15) is 4.79 Å². The highest BCUT2D eigenvalue weighted by molar-refractivity contribution is 6.48. The highest BCUT2D eigenvalue weighted by Gasteiger charge is 2.28. The number of benzene rings is 2. The van der Waals surface area contributed by atoms with Crippen LogP contribution in [0.1, 0.15) is 35.2 Å². The number of carbonyl (C=O) groups excluding carboxylic acids is 1. The van der Waals surface area contributed by atoms with E-state index in [4.69, 9.17) is 32.2 Å². The molecule has 0 fully saturated rings. The van der Waals surface area contributed by atoms with Gasteiger partial charge in [0, 0.05) is 27.4 Å². The van der Waals surface area contributed by atoms with Crippen LogP contribution in [0.15, 0.2) is 43.0 Å². The van der Waals surface area contributed by atoms with Crippen LogP contribution in [0.4, 0.5) is 5.69 Å². The molecule has 0 aliphatic rings. The lowest BCUT2D eigenvalue weighted by molar-refractivity contribution is -0.141. The maximum atomic E-state index is 12.7. The third-order valence-corrected chi connectivity index (χ3v) is 4.58. The fourth-order valence-corrected chi connectivity index (χ4v) is 3.03. The quantitative estimate of drug-likeness (QED) is 0.323. The van der Waals surface area contributed by atoms with E-state index in [1.165, 1.54) is 7.11 Å². The summed E-state index contributed by atoms with van der Waals surface area (Å²) in [5.74, 6) is -0.0949. The van der Waals surface area contributed by atoms with Crippen LogP contribution in [0.5, 0.6) is 5.75 Å². The van der Waals surface area contributed by atoms with Gasteiger partial charge in [0.1, 0.15) is 11.6 Å². The van der Waals surface area contributed by atoms with Gasteiger partial charge in [-0.05, 0) is 55.3 Å². The summed E-state index contributed by atoms with van der Waals surface area (Å²) < 4.78 is 10.8. The van der Waals surface area contributed by atoms with Crippen molar-refractivity contribution >= 4 is 34.1 Å². The van der Waals surface area contributed by atoms with Crippen molar-refractivity contribution in [2.45, 2.75) is 19.4 Å². The van der Waals surface area contributed by atoms with Gasteiger partial charge in [-0.2, -0.15) is 0 Å². The Hall–Kier alpha value is -2.99.